The lowest BCUT2D eigenvalue weighted by Crippen LogP contribution is -2.25. The van der Waals surface area contributed by atoms with Crippen molar-refractivity contribution in [2.45, 2.75) is 17.9 Å². The Kier molecular flexibility index (Phi) is 5.35. The summed E-state index contributed by atoms with van der Waals surface area (Å²) in [4.78, 5) is 0.824. The summed E-state index contributed by atoms with van der Waals surface area (Å²) in [6, 6.07) is 9.00. The molecular formula is C14H17NO4S2. The van der Waals surface area contributed by atoms with Crippen LogP contribution in [-0.4, -0.2) is 27.2 Å². The second-order valence-electron chi connectivity index (χ2n) is 4.41. The second kappa shape index (κ2) is 7.04. The number of methoxy groups -OCH3 is 1. The normalized spacial score (nSPS) is 11.5. The molecule has 21 heavy (non-hydrogen) atoms. The average molecular weight is 327 g/mol. The van der Waals surface area contributed by atoms with Gasteiger partial charge in [-0.25, -0.2) is 13.1 Å². The molecule has 114 valence electrons. The third-order valence-corrected chi connectivity index (χ3v) is 5.45. The molecule has 0 amide bonds. The standard InChI is InChI=1S/C14H17NO4S2/c1-19-12-4-2-3-11(7-12)5-6-15-21(17,18)14-8-13(9-16)20-10-14/h2-4,7-8,10,15-16H,5-6,9H2,1H3. The summed E-state index contributed by atoms with van der Waals surface area (Å²) >= 11 is 1.23. The Hall–Kier alpha value is -1.41. The molecule has 0 saturated heterocycles. The van der Waals surface area contributed by atoms with Crippen LogP contribution >= 0.6 is 11.3 Å². The van der Waals surface area contributed by atoms with E-state index in [2.05, 4.69) is 4.72 Å². The number of hydrogen-bond donors (Lipinski definition) is 2. The first-order chi connectivity index (χ1) is 10.0. The maximum absolute atomic E-state index is 12.1. The van der Waals surface area contributed by atoms with Gasteiger partial charge in [-0.2, -0.15) is 0 Å². The molecule has 0 aliphatic carbocycles. The largest absolute Gasteiger partial charge is 0.497 e. The lowest BCUT2D eigenvalue weighted by Gasteiger charge is -2.06. The Bertz CT molecular complexity index is 695. The quantitative estimate of drug-likeness (QED) is 0.813. The van der Waals surface area contributed by atoms with E-state index in [1.54, 1.807) is 7.11 Å². The smallest absolute Gasteiger partial charge is 0.241 e. The average Bonchev–Trinajstić information content (AvgIpc) is 2.97. The molecule has 0 saturated carbocycles. The van der Waals surface area contributed by atoms with Gasteiger partial charge in [0.1, 0.15) is 5.75 Å². The van der Waals surface area contributed by atoms with Crippen LogP contribution in [-0.2, 0) is 23.1 Å². The zero-order chi connectivity index (χ0) is 15.3. The summed E-state index contributed by atoms with van der Waals surface area (Å²) in [6.07, 6.45) is 0.577. The molecular weight excluding hydrogens is 310 g/mol. The predicted octanol–water partition coefficient (Wildman–Crippen LogP) is 1.77. The molecule has 2 rings (SSSR count). The zero-order valence-electron chi connectivity index (χ0n) is 11.6. The fourth-order valence-corrected chi connectivity index (χ4v) is 3.99. The highest BCUT2D eigenvalue weighted by Crippen LogP contribution is 2.19. The van der Waals surface area contributed by atoms with Crippen LogP contribution in [0.1, 0.15) is 10.4 Å². The van der Waals surface area contributed by atoms with Crippen molar-refractivity contribution in [2.24, 2.45) is 0 Å². The van der Waals surface area contributed by atoms with E-state index in [1.807, 2.05) is 24.3 Å². The second-order valence-corrected chi connectivity index (χ2v) is 7.17. The van der Waals surface area contributed by atoms with Gasteiger partial charge in [-0.05, 0) is 30.2 Å². The molecule has 0 atom stereocenters. The monoisotopic (exact) mass is 327 g/mol. The molecule has 0 bridgehead atoms. The highest BCUT2D eigenvalue weighted by Gasteiger charge is 2.15. The van der Waals surface area contributed by atoms with Gasteiger partial charge in [-0.3, -0.25) is 0 Å². The maximum atomic E-state index is 12.1. The van der Waals surface area contributed by atoms with Crippen molar-refractivity contribution in [2.75, 3.05) is 13.7 Å². The number of rotatable bonds is 7. The summed E-state index contributed by atoms with van der Waals surface area (Å²) in [5.41, 5.74) is 0.999. The van der Waals surface area contributed by atoms with Gasteiger partial charge in [0, 0.05) is 16.8 Å². The van der Waals surface area contributed by atoms with Gasteiger partial charge in [0.15, 0.2) is 0 Å². The topological polar surface area (TPSA) is 75.6 Å². The summed E-state index contributed by atoms with van der Waals surface area (Å²) < 4.78 is 31.8. The molecule has 0 fully saturated rings. The third-order valence-electron chi connectivity index (χ3n) is 2.94. The van der Waals surface area contributed by atoms with E-state index in [0.29, 0.717) is 17.8 Å². The van der Waals surface area contributed by atoms with E-state index >= 15 is 0 Å². The van der Waals surface area contributed by atoms with Crippen LogP contribution in [0.5, 0.6) is 5.75 Å². The molecule has 0 aliphatic heterocycles. The molecule has 0 spiro atoms. The zero-order valence-corrected chi connectivity index (χ0v) is 13.2. The number of ether oxygens (including phenoxy) is 1. The van der Waals surface area contributed by atoms with Crippen molar-refractivity contribution >= 4 is 21.4 Å². The first-order valence-electron chi connectivity index (χ1n) is 6.36. The number of nitrogens with one attached hydrogen (secondary N) is 1. The molecule has 0 radical (unpaired) electrons. The molecule has 5 nitrogen and oxygen atoms in total. The van der Waals surface area contributed by atoms with Crippen molar-refractivity contribution in [3.8, 4) is 5.75 Å². The van der Waals surface area contributed by atoms with Gasteiger partial charge in [-0.15, -0.1) is 11.3 Å². The Morgan fingerprint density at radius 2 is 2.14 bits per heavy atom. The molecule has 1 heterocycles. The van der Waals surface area contributed by atoms with Crippen LogP contribution in [0.15, 0.2) is 40.6 Å². The fraction of sp³-hybridized carbons (Fsp3) is 0.286. The van der Waals surface area contributed by atoms with Crippen LogP contribution in [0, 0.1) is 0 Å². The highest BCUT2D eigenvalue weighted by molar-refractivity contribution is 7.89. The summed E-state index contributed by atoms with van der Waals surface area (Å²) in [7, 11) is -1.92. The Morgan fingerprint density at radius 3 is 2.81 bits per heavy atom. The van der Waals surface area contributed by atoms with Crippen LogP contribution in [0.3, 0.4) is 0 Å². The van der Waals surface area contributed by atoms with E-state index in [-0.39, 0.29) is 11.5 Å². The number of aliphatic hydroxyl groups excluding tert-OH is 1. The third kappa shape index (κ3) is 4.28. The molecule has 7 heteroatoms. The number of aliphatic hydroxyl groups is 1. The number of hydrogen-bond acceptors (Lipinski definition) is 5. The van der Waals surface area contributed by atoms with Gasteiger partial charge in [0.25, 0.3) is 0 Å². The predicted molar refractivity (Wildman–Crippen MR) is 82.1 cm³/mol. The van der Waals surface area contributed by atoms with Crippen molar-refractivity contribution in [1.29, 1.82) is 0 Å². The van der Waals surface area contributed by atoms with Gasteiger partial charge in [0.05, 0.1) is 18.6 Å². The minimum absolute atomic E-state index is 0.149. The van der Waals surface area contributed by atoms with E-state index in [0.717, 1.165) is 11.3 Å². The molecule has 1 aromatic carbocycles. The van der Waals surface area contributed by atoms with Gasteiger partial charge >= 0.3 is 0 Å². The Labute approximate surface area is 128 Å². The lowest BCUT2D eigenvalue weighted by molar-refractivity contribution is 0.285. The molecule has 2 N–H and O–H groups in total. The van der Waals surface area contributed by atoms with Crippen molar-refractivity contribution in [3.63, 3.8) is 0 Å². The summed E-state index contributed by atoms with van der Waals surface area (Å²) in [6.45, 7) is 0.157. The number of benzene rings is 1. The van der Waals surface area contributed by atoms with Crippen molar-refractivity contribution < 1.29 is 18.3 Å². The SMILES string of the molecule is COc1cccc(CCNS(=O)(=O)c2csc(CO)c2)c1. The van der Waals surface area contributed by atoms with E-state index in [4.69, 9.17) is 9.84 Å². The van der Waals surface area contributed by atoms with Gasteiger partial charge in [-0.1, -0.05) is 12.1 Å². The summed E-state index contributed by atoms with van der Waals surface area (Å²) in [5, 5.41) is 10.5. The van der Waals surface area contributed by atoms with Crippen LogP contribution in [0.25, 0.3) is 0 Å². The minimum Gasteiger partial charge on any atom is -0.497 e. The molecule has 0 aliphatic rings. The maximum Gasteiger partial charge on any atom is 0.241 e. The lowest BCUT2D eigenvalue weighted by atomic mass is 10.1. The first-order valence-corrected chi connectivity index (χ1v) is 8.72. The first kappa shape index (κ1) is 16.0. The fourth-order valence-electron chi connectivity index (χ4n) is 1.83. The molecule has 2 aromatic rings. The van der Waals surface area contributed by atoms with Gasteiger partial charge < -0.3 is 9.84 Å². The van der Waals surface area contributed by atoms with Crippen LogP contribution < -0.4 is 9.46 Å². The van der Waals surface area contributed by atoms with E-state index in [1.165, 1.54) is 22.8 Å². The highest BCUT2D eigenvalue weighted by atomic mass is 32.2. The Balaban J connectivity index is 1.95. The van der Waals surface area contributed by atoms with Crippen molar-refractivity contribution in [3.05, 3.63) is 46.2 Å². The number of thiophene rings is 1. The van der Waals surface area contributed by atoms with Gasteiger partial charge in [0.2, 0.25) is 10.0 Å². The van der Waals surface area contributed by atoms with Crippen molar-refractivity contribution in [1.82, 2.24) is 4.72 Å². The number of sulfonamides is 1. The summed E-state index contributed by atoms with van der Waals surface area (Å²) in [5.74, 6) is 0.751. The van der Waals surface area contributed by atoms with E-state index in [9.17, 15) is 8.42 Å². The van der Waals surface area contributed by atoms with Crippen LogP contribution in [0.2, 0.25) is 0 Å². The Morgan fingerprint density at radius 1 is 1.33 bits per heavy atom. The van der Waals surface area contributed by atoms with E-state index < -0.39 is 10.0 Å². The van der Waals surface area contributed by atoms with Crippen LogP contribution in [0.4, 0.5) is 0 Å². The minimum atomic E-state index is -3.52. The molecule has 0 unspecified atom stereocenters. The molecule has 1 aromatic heterocycles.